The van der Waals surface area contributed by atoms with E-state index < -0.39 is 33.8 Å². The Bertz CT molecular complexity index is 813. The summed E-state index contributed by atoms with van der Waals surface area (Å²) in [5.41, 5.74) is -1.75. The fourth-order valence-corrected chi connectivity index (χ4v) is 3.11. The Morgan fingerprint density at radius 2 is 1.43 bits per heavy atom. The number of alkyl halides is 3. The zero-order valence-corrected chi connectivity index (χ0v) is 12.7. The van der Waals surface area contributed by atoms with Gasteiger partial charge in [-0.2, -0.15) is 13.2 Å². The number of fused-ring (bicyclic) bond motifs is 1. The Morgan fingerprint density at radius 3 is 1.91 bits per heavy atom. The number of halogens is 5. The molecule has 3 nitrogen and oxygen atoms in total. The van der Waals surface area contributed by atoms with E-state index in [1.807, 2.05) is 0 Å². The van der Waals surface area contributed by atoms with Gasteiger partial charge in [-0.1, -0.05) is 12.1 Å². The minimum atomic E-state index is -4.97. The molecule has 0 aromatic heterocycles. The number of carbonyl (C=O) groups excluding carboxylic acids is 2. The summed E-state index contributed by atoms with van der Waals surface area (Å²) < 4.78 is 51.8. The zero-order chi connectivity index (χ0) is 16.9. The maximum atomic E-state index is 13.5. The summed E-state index contributed by atoms with van der Waals surface area (Å²) in [6, 6.07) is 7.40. The average molecular weight is 388 g/mol. The van der Waals surface area contributed by atoms with Crippen LogP contribution in [0.3, 0.4) is 0 Å². The van der Waals surface area contributed by atoms with Gasteiger partial charge in [0.1, 0.15) is 11.4 Å². The van der Waals surface area contributed by atoms with Crippen molar-refractivity contribution in [1.82, 2.24) is 0 Å². The van der Waals surface area contributed by atoms with E-state index >= 15 is 0 Å². The Balaban J connectivity index is 2.19. The van der Waals surface area contributed by atoms with Crippen molar-refractivity contribution in [3.63, 3.8) is 0 Å². The lowest BCUT2D eigenvalue weighted by molar-refractivity contribution is -0.140. The third-order valence-electron chi connectivity index (χ3n) is 3.39. The Morgan fingerprint density at radius 1 is 0.913 bits per heavy atom. The van der Waals surface area contributed by atoms with E-state index in [4.69, 9.17) is 0 Å². The minimum absolute atomic E-state index is 0.0854. The number of imide groups is 1. The summed E-state index contributed by atoms with van der Waals surface area (Å²) in [6.07, 6.45) is -4.97. The average Bonchev–Trinajstić information content (AvgIpc) is 2.71. The van der Waals surface area contributed by atoms with Crippen molar-refractivity contribution >= 4 is 33.4 Å². The fraction of sp³-hybridized carbons (Fsp3) is 0.0667. The molecule has 3 rings (SSSR count). The number of hydrogen-bond donors (Lipinski definition) is 0. The van der Waals surface area contributed by atoms with Crippen molar-refractivity contribution in [3.8, 4) is 0 Å². The number of anilines is 1. The first kappa shape index (κ1) is 15.7. The molecule has 0 radical (unpaired) electrons. The molecule has 0 bridgehead atoms. The topological polar surface area (TPSA) is 37.4 Å². The van der Waals surface area contributed by atoms with Crippen LogP contribution in [0.25, 0.3) is 0 Å². The smallest absolute Gasteiger partial charge is 0.268 e. The normalized spacial score (nSPS) is 14.4. The Kier molecular flexibility index (Phi) is 3.51. The molecule has 118 valence electrons. The first-order chi connectivity index (χ1) is 10.7. The SMILES string of the molecule is O=C1c2ccccc2C(=O)N1c1ccc(F)c(C(F)(F)F)c1Br. The number of nitrogens with zero attached hydrogens (tertiary/aromatic N) is 1. The highest BCUT2D eigenvalue weighted by atomic mass is 79.9. The van der Waals surface area contributed by atoms with Crippen LogP contribution in [-0.4, -0.2) is 11.8 Å². The van der Waals surface area contributed by atoms with Gasteiger partial charge in [-0.25, -0.2) is 9.29 Å². The van der Waals surface area contributed by atoms with Crippen LogP contribution in [0.2, 0.25) is 0 Å². The quantitative estimate of drug-likeness (QED) is 0.536. The van der Waals surface area contributed by atoms with Crippen LogP contribution in [-0.2, 0) is 6.18 Å². The molecular formula is C15H6BrF4NO2. The third-order valence-corrected chi connectivity index (χ3v) is 4.19. The standard InChI is InChI=1S/C15H6BrF4NO2/c16-12-10(6-5-9(17)11(12)15(18,19)20)21-13(22)7-3-1-2-4-8(7)14(21)23/h1-6H. The number of hydrogen-bond acceptors (Lipinski definition) is 2. The lowest BCUT2D eigenvalue weighted by Gasteiger charge is -2.19. The van der Waals surface area contributed by atoms with E-state index in [2.05, 4.69) is 15.9 Å². The first-order valence-electron chi connectivity index (χ1n) is 6.26. The fourth-order valence-electron chi connectivity index (χ4n) is 2.38. The van der Waals surface area contributed by atoms with Crippen molar-refractivity contribution in [3.05, 3.63) is 63.4 Å². The Hall–Kier alpha value is -2.22. The van der Waals surface area contributed by atoms with Crippen molar-refractivity contribution in [2.75, 3.05) is 4.90 Å². The van der Waals surface area contributed by atoms with Gasteiger partial charge in [0, 0.05) is 0 Å². The number of carbonyl (C=O) groups is 2. The molecule has 8 heteroatoms. The molecule has 23 heavy (non-hydrogen) atoms. The molecule has 0 fully saturated rings. The number of rotatable bonds is 1. The van der Waals surface area contributed by atoms with Crippen molar-refractivity contribution in [2.24, 2.45) is 0 Å². The van der Waals surface area contributed by atoms with Gasteiger partial charge in [0.2, 0.25) is 0 Å². The molecule has 0 unspecified atom stereocenters. The molecule has 0 spiro atoms. The van der Waals surface area contributed by atoms with Crippen LogP contribution in [0.15, 0.2) is 40.9 Å². The highest BCUT2D eigenvalue weighted by Crippen LogP contribution is 2.43. The molecule has 1 aliphatic rings. The molecule has 0 saturated heterocycles. The summed E-state index contributed by atoms with van der Waals surface area (Å²) in [6.45, 7) is 0. The third kappa shape index (κ3) is 2.33. The predicted octanol–water partition coefficient (Wildman–Crippen LogP) is 4.41. The van der Waals surface area contributed by atoms with Gasteiger partial charge < -0.3 is 0 Å². The van der Waals surface area contributed by atoms with Crippen LogP contribution in [0.4, 0.5) is 23.2 Å². The molecule has 0 aliphatic carbocycles. The zero-order valence-electron chi connectivity index (χ0n) is 11.1. The second-order valence-electron chi connectivity index (χ2n) is 4.74. The number of amides is 2. The highest BCUT2D eigenvalue weighted by molar-refractivity contribution is 9.10. The summed E-state index contributed by atoms with van der Waals surface area (Å²) >= 11 is 2.67. The van der Waals surface area contributed by atoms with E-state index in [1.54, 1.807) is 0 Å². The van der Waals surface area contributed by atoms with Crippen LogP contribution in [0, 0.1) is 5.82 Å². The summed E-state index contributed by atoms with van der Waals surface area (Å²) in [5, 5.41) is 0. The summed E-state index contributed by atoms with van der Waals surface area (Å²) in [5.74, 6) is -3.01. The van der Waals surface area contributed by atoms with Gasteiger partial charge in [-0.3, -0.25) is 9.59 Å². The van der Waals surface area contributed by atoms with E-state index in [0.717, 1.165) is 6.07 Å². The lowest BCUT2D eigenvalue weighted by Crippen LogP contribution is -2.30. The van der Waals surface area contributed by atoms with Crippen LogP contribution in [0.1, 0.15) is 26.3 Å². The maximum Gasteiger partial charge on any atom is 0.420 e. The van der Waals surface area contributed by atoms with Crippen LogP contribution >= 0.6 is 15.9 Å². The molecule has 1 heterocycles. The van der Waals surface area contributed by atoms with Crippen molar-refractivity contribution in [1.29, 1.82) is 0 Å². The van der Waals surface area contributed by atoms with E-state index in [9.17, 15) is 27.2 Å². The van der Waals surface area contributed by atoms with E-state index in [1.165, 1.54) is 24.3 Å². The van der Waals surface area contributed by atoms with Gasteiger partial charge in [0.15, 0.2) is 0 Å². The van der Waals surface area contributed by atoms with Crippen molar-refractivity contribution in [2.45, 2.75) is 6.18 Å². The Labute approximate surface area is 135 Å². The second kappa shape index (κ2) is 5.16. The predicted molar refractivity (Wildman–Crippen MR) is 76.7 cm³/mol. The van der Waals surface area contributed by atoms with Gasteiger partial charge in [0.05, 0.1) is 21.3 Å². The first-order valence-corrected chi connectivity index (χ1v) is 7.06. The number of benzene rings is 2. The summed E-state index contributed by atoms with van der Waals surface area (Å²) in [4.78, 5) is 25.2. The van der Waals surface area contributed by atoms with Gasteiger partial charge >= 0.3 is 6.18 Å². The summed E-state index contributed by atoms with van der Waals surface area (Å²) in [7, 11) is 0. The molecule has 2 amide bonds. The highest BCUT2D eigenvalue weighted by Gasteiger charge is 2.42. The maximum absolute atomic E-state index is 13.5. The molecule has 0 saturated carbocycles. The molecule has 0 N–H and O–H groups in total. The van der Waals surface area contributed by atoms with Crippen LogP contribution < -0.4 is 4.90 Å². The molecule has 2 aromatic carbocycles. The van der Waals surface area contributed by atoms with E-state index in [0.29, 0.717) is 11.0 Å². The molecule has 0 atom stereocenters. The minimum Gasteiger partial charge on any atom is -0.268 e. The van der Waals surface area contributed by atoms with Crippen molar-refractivity contribution < 1.29 is 27.2 Å². The molecule has 1 aliphatic heterocycles. The lowest BCUT2D eigenvalue weighted by atomic mass is 10.1. The van der Waals surface area contributed by atoms with Gasteiger partial charge in [-0.05, 0) is 40.2 Å². The van der Waals surface area contributed by atoms with Crippen LogP contribution in [0.5, 0.6) is 0 Å². The second-order valence-corrected chi connectivity index (χ2v) is 5.54. The molecule has 2 aromatic rings. The van der Waals surface area contributed by atoms with Gasteiger partial charge in [-0.15, -0.1) is 0 Å². The largest absolute Gasteiger partial charge is 0.420 e. The van der Waals surface area contributed by atoms with Gasteiger partial charge in [0.25, 0.3) is 11.8 Å². The van der Waals surface area contributed by atoms with E-state index in [-0.39, 0.29) is 16.8 Å². The monoisotopic (exact) mass is 387 g/mol. The molecular weight excluding hydrogens is 382 g/mol.